The Morgan fingerprint density at radius 1 is 0.905 bits per heavy atom. The standard InChI is InChI=1S/C34H41F2N3O3/c1-21-17-37(31(33(41)42)15-23-10-11-24-8-6-7-9-25(24)14-23)18-22(2)39(21)32(40)29-20-38(34(3,4)5)19-28(29)27-13-12-26(35)16-30(27)36/h6-14,16,21-22,28-29,31H,15,17-20H2,1-5H3,(H,41,42)/t21-,22+,28-,29+,31-/m0/s1. The van der Waals surface area contributed by atoms with Gasteiger partial charge in [-0.3, -0.25) is 19.4 Å². The molecule has 1 N–H and O–H groups in total. The lowest BCUT2D eigenvalue weighted by molar-refractivity contribution is -0.149. The number of piperazine rings is 1. The maximum Gasteiger partial charge on any atom is 0.321 e. The fourth-order valence-electron chi connectivity index (χ4n) is 6.92. The van der Waals surface area contributed by atoms with Crippen LogP contribution in [-0.2, 0) is 16.0 Å². The van der Waals surface area contributed by atoms with E-state index in [-0.39, 0.29) is 23.5 Å². The molecule has 3 aromatic rings. The number of carbonyl (C=O) groups is 2. The highest BCUT2D eigenvalue weighted by Crippen LogP contribution is 2.39. The molecule has 6 nitrogen and oxygen atoms in total. The molecule has 2 aliphatic rings. The average molecular weight is 578 g/mol. The number of aliphatic carboxylic acids is 1. The van der Waals surface area contributed by atoms with Gasteiger partial charge in [-0.05, 0) is 69.0 Å². The second-order valence-corrected chi connectivity index (χ2v) is 13.1. The van der Waals surface area contributed by atoms with Crippen LogP contribution >= 0.6 is 0 Å². The van der Waals surface area contributed by atoms with Crippen molar-refractivity contribution in [1.82, 2.24) is 14.7 Å². The number of carbonyl (C=O) groups excluding carboxylic acids is 1. The molecule has 0 aliphatic carbocycles. The van der Waals surface area contributed by atoms with Gasteiger partial charge in [0.1, 0.15) is 17.7 Å². The van der Waals surface area contributed by atoms with Crippen LogP contribution in [-0.4, -0.2) is 81.5 Å². The molecule has 0 saturated carbocycles. The van der Waals surface area contributed by atoms with Crippen molar-refractivity contribution in [2.45, 2.75) is 70.6 Å². The quantitative estimate of drug-likeness (QED) is 0.416. The number of rotatable bonds is 6. The number of likely N-dealkylation sites (tertiary alicyclic amines) is 1. The van der Waals surface area contributed by atoms with Crippen LogP contribution in [0.4, 0.5) is 8.78 Å². The first-order valence-corrected chi connectivity index (χ1v) is 14.8. The Labute approximate surface area is 246 Å². The minimum atomic E-state index is -0.884. The Morgan fingerprint density at radius 3 is 2.19 bits per heavy atom. The molecule has 42 heavy (non-hydrogen) atoms. The Balaban J connectivity index is 1.36. The second kappa shape index (κ2) is 11.7. The van der Waals surface area contributed by atoms with Crippen LogP contribution in [0.25, 0.3) is 10.8 Å². The summed E-state index contributed by atoms with van der Waals surface area (Å²) in [6.45, 7) is 12.0. The van der Waals surface area contributed by atoms with Crippen molar-refractivity contribution in [3.8, 4) is 0 Å². The molecule has 224 valence electrons. The van der Waals surface area contributed by atoms with E-state index in [1.165, 1.54) is 12.1 Å². The number of nitrogens with zero attached hydrogens (tertiary/aromatic N) is 3. The number of hydrogen-bond acceptors (Lipinski definition) is 4. The summed E-state index contributed by atoms with van der Waals surface area (Å²) in [7, 11) is 0. The van der Waals surface area contributed by atoms with E-state index in [1.54, 1.807) is 0 Å². The SMILES string of the molecule is C[C@@H]1CN([C@@H](Cc2ccc3ccccc3c2)C(=O)O)C[C@H](C)N1C(=O)[C@@H]1CN(C(C)(C)C)C[C@H]1c1ccc(F)cc1F. The van der Waals surface area contributed by atoms with E-state index < -0.39 is 35.5 Å². The van der Waals surface area contributed by atoms with Gasteiger partial charge in [-0.15, -0.1) is 0 Å². The van der Waals surface area contributed by atoms with Gasteiger partial charge in [0.05, 0.1) is 5.92 Å². The lowest BCUT2D eigenvalue weighted by atomic mass is 9.86. The van der Waals surface area contributed by atoms with Crippen molar-refractivity contribution < 1.29 is 23.5 Å². The zero-order chi connectivity index (χ0) is 30.3. The topological polar surface area (TPSA) is 64.1 Å². The van der Waals surface area contributed by atoms with Gasteiger partial charge in [-0.2, -0.15) is 0 Å². The van der Waals surface area contributed by atoms with Crippen molar-refractivity contribution in [3.05, 3.63) is 83.4 Å². The van der Waals surface area contributed by atoms with Gasteiger partial charge >= 0.3 is 5.97 Å². The van der Waals surface area contributed by atoms with Crippen LogP contribution in [0.3, 0.4) is 0 Å². The van der Waals surface area contributed by atoms with E-state index in [2.05, 4.69) is 25.7 Å². The Hall–Kier alpha value is -3.36. The highest BCUT2D eigenvalue weighted by atomic mass is 19.1. The summed E-state index contributed by atoms with van der Waals surface area (Å²) in [4.78, 5) is 32.8. The fourth-order valence-corrected chi connectivity index (χ4v) is 6.92. The second-order valence-electron chi connectivity index (χ2n) is 13.1. The van der Waals surface area contributed by atoms with Crippen molar-refractivity contribution in [2.24, 2.45) is 5.92 Å². The van der Waals surface area contributed by atoms with Crippen molar-refractivity contribution in [2.75, 3.05) is 26.2 Å². The number of benzene rings is 3. The molecule has 0 unspecified atom stereocenters. The molecule has 3 aromatic carbocycles. The number of amides is 1. The third-order valence-corrected chi connectivity index (χ3v) is 9.12. The van der Waals surface area contributed by atoms with Crippen molar-refractivity contribution >= 4 is 22.6 Å². The maximum absolute atomic E-state index is 15.0. The first-order chi connectivity index (χ1) is 19.8. The molecular weight excluding hydrogens is 536 g/mol. The summed E-state index contributed by atoms with van der Waals surface area (Å²) >= 11 is 0. The van der Waals surface area contributed by atoms with Crippen LogP contribution in [0.2, 0.25) is 0 Å². The Kier molecular flexibility index (Phi) is 8.41. The summed E-state index contributed by atoms with van der Waals surface area (Å²) in [5, 5.41) is 12.4. The van der Waals surface area contributed by atoms with E-state index in [1.807, 2.05) is 66.1 Å². The first-order valence-electron chi connectivity index (χ1n) is 14.8. The summed E-state index contributed by atoms with van der Waals surface area (Å²) in [5.74, 6) is -3.11. The average Bonchev–Trinajstić information content (AvgIpc) is 3.37. The van der Waals surface area contributed by atoms with Crippen LogP contribution in [0.15, 0.2) is 60.7 Å². The smallest absolute Gasteiger partial charge is 0.321 e. The molecule has 5 rings (SSSR count). The molecule has 0 radical (unpaired) electrons. The number of halogens is 2. The third-order valence-electron chi connectivity index (χ3n) is 9.12. The normalized spacial score (nSPS) is 24.7. The first kappa shape index (κ1) is 30.1. The molecule has 5 atom stereocenters. The highest BCUT2D eigenvalue weighted by Gasteiger charge is 2.47. The molecule has 2 saturated heterocycles. The molecule has 0 bridgehead atoms. The minimum absolute atomic E-state index is 0.0588. The van der Waals surface area contributed by atoms with E-state index >= 15 is 0 Å². The Bertz CT molecular complexity index is 1460. The maximum atomic E-state index is 15.0. The molecule has 2 fully saturated rings. The lowest BCUT2D eigenvalue weighted by Crippen LogP contribution is -2.63. The number of carboxylic acids is 1. The monoisotopic (exact) mass is 577 g/mol. The molecule has 8 heteroatoms. The van der Waals surface area contributed by atoms with E-state index in [0.29, 0.717) is 38.2 Å². The van der Waals surface area contributed by atoms with Gasteiger partial charge in [0.15, 0.2) is 0 Å². The van der Waals surface area contributed by atoms with E-state index in [9.17, 15) is 23.5 Å². The fraction of sp³-hybridized carbons (Fsp3) is 0.471. The predicted octanol–water partition coefficient (Wildman–Crippen LogP) is 5.55. The van der Waals surface area contributed by atoms with E-state index in [4.69, 9.17) is 0 Å². The number of fused-ring (bicyclic) bond motifs is 1. The molecular formula is C34H41F2N3O3. The summed E-state index contributed by atoms with van der Waals surface area (Å²) in [6, 6.07) is 16.5. The third kappa shape index (κ3) is 6.06. The van der Waals surface area contributed by atoms with Crippen LogP contribution < -0.4 is 0 Å². The van der Waals surface area contributed by atoms with Gasteiger partial charge in [-0.1, -0.05) is 48.5 Å². The van der Waals surface area contributed by atoms with Gasteiger partial charge in [0.2, 0.25) is 5.91 Å². The van der Waals surface area contributed by atoms with Crippen LogP contribution in [0.1, 0.15) is 51.7 Å². The predicted molar refractivity (Wildman–Crippen MR) is 160 cm³/mol. The van der Waals surface area contributed by atoms with E-state index in [0.717, 1.165) is 22.4 Å². The molecule has 2 aliphatic heterocycles. The van der Waals surface area contributed by atoms with Crippen molar-refractivity contribution in [3.63, 3.8) is 0 Å². The van der Waals surface area contributed by atoms with Crippen LogP contribution in [0.5, 0.6) is 0 Å². The summed E-state index contributed by atoms with van der Waals surface area (Å²) in [6.07, 6.45) is 0.364. The minimum Gasteiger partial charge on any atom is -0.480 e. The highest BCUT2D eigenvalue weighted by molar-refractivity contribution is 5.83. The lowest BCUT2D eigenvalue weighted by Gasteiger charge is -2.47. The zero-order valence-electron chi connectivity index (χ0n) is 25.1. The zero-order valence-corrected chi connectivity index (χ0v) is 25.1. The molecule has 2 heterocycles. The van der Waals surface area contributed by atoms with Gasteiger partial charge in [-0.25, -0.2) is 8.78 Å². The number of carboxylic acid groups (broad SMARTS) is 1. The number of hydrogen-bond donors (Lipinski definition) is 1. The largest absolute Gasteiger partial charge is 0.480 e. The van der Waals surface area contributed by atoms with Gasteiger partial charge in [0.25, 0.3) is 0 Å². The van der Waals surface area contributed by atoms with Gasteiger partial charge < -0.3 is 10.0 Å². The van der Waals surface area contributed by atoms with Crippen LogP contribution in [0, 0.1) is 17.6 Å². The Morgan fingerprint density at radius 2 is 1.57 bits per heavy atom. The molecule has 1 amide bonds. The molecule has 0 spiro atoms. The van der Waals surface area contributed by atoms with Gasteiger partial charge in [0, 0.05) is 55.8 Å². The van der Waals surface area contributed by atoms with Crippen molar-refractivity contribution in [1.29, 1.82) is 0 Å². The molecule has 0 aromatic heterocycles. The summed E-state index contributed by atoms with van der Waals surface area (Å²) < 4.78 is 28.7. The summed E-state index contributed by atoms with van der Waals surface area (Å²) in [5.41, 5.74) is 1.09.